The molecule has 2 aromatic rings. The molecule has 0 spiro atoms. The van der Waals surface area contributed by atoms with Gasteiger partial charge in [-0.15, -0.1) is 0 Å². The Labute approximate surface area is 136 Å². The van der Waals surface area contributed by atoms with Crippen LogP contribution in [0.1, 0.15) is 22.4 Å². The average Bonchev–Trinajstić information content (AvgIpc) is 3.01. The molecule has 1 aromatic carbocycles. The molecule has 0 aliphatic carbocycles. The average molecular weight is 307 g/mol. The summed E-state index contributed by atoms with van der Waals surface area (Å²) in [5.41, 5.74) is 4.89. The van der Waals surface area contributed by atoms with Crippen molar-refractivity contribution in [3.63, 3.8) is 0 Å². The summed E-state index contributed by atoms with van der Waals surface area (Å²) < 4.78 is 0. The summed E-state index contributed by atoms with van der Waals surface area (Å²) in [6.07, 6.45) is 2.91. The molecule has 0 amide bonds. The Hall–Kier alpha value is -2.24. The van der Waals surface area contributed by atoms with Crippen molar-refractivity contribution in [2.24, 2.45) is 10.8 Å². The van der Waals surface area contributed by atoms with Crippen molar-refractivity contribution in [2.75, 3.05) is 19.6 Å². The van der Waals surface area contributed by atoms with Gasteiger partial charge in [-0.05, 0) is 17.2 Å². The van der Waals surface area contributed by atoms with Crippen LogP contribution in [0.15, 0.2) is 47.6 Å². The van der Waals surface area contributed by atoms with Crippen molar-refractivity contribution in [1.29, 1.82) is 0 Å². The van der Waals surface area contributed by atoms with Crippen LogP contribution in [0.4, 0.5) is 0 Å². The van der Waals surface area contributed by atoms with Gasteiger partial charge in [0.05, 0.1) is 13.1 Å². The van der Waals surface area contributed by atoms with Crippen LogP contribution in [0.5, 0.6) is 0 Å². The Balaban J connectivity index is 1.54. The van der Waals surface area contributed by atoms with Gasteiger partial charge in [-0.1, -0.05) is 30.3 Å². The lowest BCUT2D eigenvalue weighted by molar-refractivity contribution is 0.243. The number of hydrogen-bond donors (Lipinski definition) is 1. The van der Waals surface area contributed by atoms with Crippen molar-refractivity contribution >= 4 is 5.84 Å². The van der Waals surface area contributed by atoms with Gasteiger partial charge in [0, 0.05) is 43.5 Å². The number of aromatic nitrogens is 1. The Morgan fingerprint density at radius 2 is 2.00 bits per heavy atom. The molecular formula is C18H21N5. The molecular weight excluding hydrogens is 286 g/mol. The van der Waals surface area contributed by atoms with Crippen molar-refractivity contribution in [3.8, 4) is 0 Å². The predicted octanol–water partition coefficient (Wildman–Crippen LogP) is 1.58. The summed E-state index contributed by atoms with van der Waals surface area (Å²) in [6, 6.07) is 12.8. The third-order valence-corrected chi connectivity index (χ3v) is 4.50. The van der Waals surface area contributed by atoms with Gasteiger partial charge in [0.15, 0.2) is 0 Å². The fraction of sp³-hybridized carbons (Fsp3) is 0.333. The lowest BCUT2D eigenvalue weighted by Crippen LogP contribution is -2.35. The summed E-state index contributed by atoms with van der Waals surface area (Å²) in [5, 5.41) is 1.72. The van der Waals surface area contributed by atoms with Crippen LogP contribution < -0.4 is 5.84 Å². The molecule has 0 saturated carbocycles. The highest BCUT2D eigenvalue weighted by Gasteiger charge is 2.21. The highest BCUT2D eigenvalue weighted by Crippen LogP contribution is 2.21. The van der Waals surface area contributed by atoms with E-state index in [1.165, 1.54) is 16.8 Å². The normalized spacial score (nSPS) is 18.0. The molecule has 0 unspecified atom stereocenters. The molecule has 2 aliphatic heterocycles. The summed E-state index contributed by atoms with van der Waals surface area (Å²) >= 11 is 0. The summed E-state index contributed by atoms with van der Waals surface area (Å²) in [6.45, 7) is 4.52. The zero-order valence-corrected chi connectivity index (χ0v) is 13.2. The smallest absolute Gasteiger partial charge is 0.146 e. The Bertz CT molecular complexity index is 725. The van der Waals surface area contributed by atoms with E-state index in [1.54, 1.807) is 5.01 Å². The molecule has 3 heterocycles. The summed E-state index contributed by atoms with van der Waals surface area (Å²) in [5.74, 6) is 6.84. The standard InChI is InChI=1S/C18H21N5/c19-23-9-7-20-18(23)15-10-16-13-22(8-6-17(16)21-11-15)12-14-4-2-1-3-5-14/h1-5,10-11H,6-9,12-13,19H2. The van der Waals surface area contributed by atoms with E-state index >= 15 is 0 Å². The molecule has 5 heteroatoms. The van der Waals surface area contributed by atoms with Gasteiger partial charge >= 0.3 is 0 Å². The summed E-state index contributed by atoms with van der Waals surface area (Å²) in [7, 11) is 0. The maximum atomic E-state index is 5.98. The van der Waals surface area contributed by atoms with Gasteiger partial charge in [-0.25, -0.2) is 5.84 Å². The van der Waals surface area contributed by atoms with Crippen molar-refractivity contribution in [1.82, 2.24) is 14.9 Å². The van der Waals surface area contributed by atoms with E-state index in [9.17, 15) is 0 Å². The number of fused-ring (bicyclic) bond motifs is 1. The van der Waals surface area contributed by atoms with Crippen LogP contribution in [-0.4, -0.2) is 40.4 Å². The van der Waals surface area contributed by atoms with Crippen LogP contribution >= 0.6 is 0 Å². The second-order valence-electron chi connectivity index (χ2n) is 6.17. The second kappa shape index (κ2) is 6.10. The number of aliphatic imine (C=N–C) groups is 1. The maximum Gasteiger partial charge on any atom is 0.146 e. The highest BCUT2D eigenvalue weighted by atomic mass is 15.5. The lowest BCUT2D eigenvalue weighted by atomic mass is 10.0. The first-order valence-electron chi connectivity index (χ1n) is 8.11. The molecule has 118 valence electrons. The van der Waals surface area contributed by atoms with Gasteiger partial charge in [-0.2, -0.15) is 0 Å². The van der Waals surface area contributed by atoms with Crippen LogP contribution in [0, 0.1) is 0 Å². The van der Waals surface area contributed by atoms with E-state index in [1.807, 2.05) is 6.20 Å². The highest BCUT2D eigenvalue weighted by molar-refractivity contribution is 5.99. The Morgan fingerprint density at radius 1 is 1.13 bits per heavy atom. The van der Waals surface area contributed by atoms with E-state index in [0.29, 0.717) is 0 Å². The monoisotopic (exact) mass is 307 g/mol. The fourth-order valence-corrected chi connectivity index (χ4v) is 3.30. The van der Waals surface area contributed by atoms with Gasteiger partial charge in [-0.3, -0.25) is 19.9 Å². The van der Waals surface area contributed by atoms with E-state index < -0.39 is 0 Å². The van der Waals surface area contributed by atoms with Crippen LogP contribution in [0.2, 0.25) is 0 Å². The van der Waals surface area contributed by atoms with Crippen LogP contribution in [0.25, 0.3) is 0 Å². The van der Waals surface area contributed by atoms with Crippen LogP contribution in [0.3, 0.4) is 0 Å². The second-order valence-corrected chi connectivity index (χ2v) is 6.17. The first-order valence-corrected chi connectivity index (χ1v) is 8.11. The number of benzene rings is 1. The minimum Gasteiger partial charge on any atom is -0.294 e. The number of hydrogen-bond acceptors (Lipinski definition) is 5. The van der Waals surface area contributed by atoms with E-state index in [0.717, 1.165) is 50.5 Å². The Morgan fingerprint density at radius 3 is 2.78 bits per heavy atom. The van der Waals surface area contributed by atoms with Gasteiger partial charge in [0.2, 0.25) is 0 Å². The molecule has 5 nitrogen and oxygen atoms in total. The third-order valence-electron chi connectivity index (χ3n) is 4.50. The minimum atomic E-state index is 0.767. The van der Waals surface area contributed by atoms with Crippen molar-refractivity contribution in [2.45, 2.75) is 19.5 Å². The molecule has 0 saturated heterocycles. The van der Waals surface area contributed by atoms with Gasteiger partial charge in [0.1, 0.15) is 5.84 Å². The quantitative estimate of drug-likeness (QED) is 0.875. The summed E-state index contributed by atoms with van der Waals surface area (Å²) in [4.78, 5) is 11.6. The lowest BCUT2D eigenvalue weighted by Gasteiger charge is -2.28. The first-order chi connectivity index (χ1) is 11.3. The molecule has 2 N–H and O–H groups in total. The maximum absolute atomic E-state index is 5.98. The van der Waals surface area contributed by atoms with Crippen LogP contribution in [-0.2, 0) is 19.5 Å². The van der Waals surface area contributed by atoms with Crippen molar-refractivity contribution < 1.29 is 0 Å². The van der Waals surface area contributed by atoms with Crippen molar-refractivity contribution in [3.05, 3.63) is 65.0 Å². The number of hydrazine groups is 1. The number of nitrogens with two attached hydrogens (primary N) is 1. The first kappa shape index (κ1) is 14.4. The predicted molar refractivity (Wildman–Crippen MR) is 90.8 cm³/mol. The molecule has 2 aliphatic rings. The molecule has 4 rings (SSSR count). The molecule has 23 heavy (non-hydrogen) atoms. The largest absolute Gasteiger partial charge is 0.294 e. The number of amidine groups is 1. The third kappa shape index (κ3) is 2.98. The molecule has 1 aromatic heterocycles. The zero-order chi connectivity index (χ0) is 15.6. The zero-order valence-electron chi connectivity index (χ0n) is 13.2. The molecule has 0 radical (unpaired) electrons. The molecule has 0 bridgehead atoms. The Kier molecular flexibility index (Phi) is 3.81. The number of rotatable bonds is 3. The molecule has 0 atom stereocenters. The molecule has 0 fully saturated rings. The minimum absolute atomic E-state index is 0.767. The topological polar surface area (TPSA) is 57.8 Å². The van der Waals surface area contributed by atoms with E-state index in [-0.39, 0.29) is 0 Å². The van der Waals surface area contributed by atoms with Gasteiger partial charge in [0.25, 0.3) is 0 Å². The number of nitrogens with zero attached hydrogens (tertiary/aromatic N) is 4. The number of pyridine rings is 1. The van der Waals surface area contributed by atoms with E-state index in [2.05, 4.69) is 51.3 Å². The van der Waals surface area contributed by atoms with E-state index in [4.69, 9.17) is 5.84 Å². The van der Waals surface area contributed by atoms with Gasteiger partial charge < -0.3 is 0 Å². The fourth-order valence-electron chi connectivity index (χ4n) is 3.30. The SMILES string of the molecule is NN1CCN=C1c1cnc2c(c1)CN(Cc1ccccc1)CC2.